The predicted octanol–water partition coefficient (Wildman–Crippen LogP) is 0.688. The maximum atomic E-state index is 12.5. The summed E-state index contributed by atoms with van der Waals surface area (Å²) < 4.78 is 32.6. The summed E-state index contributed by atoms with van der Waals surface area (Å²) in [7, 11) is -3.74. The number of morpholine rings is 1. The van der Waals surface area contributed by atoms with Gasteiger partial charge in [0, 0.05) is 31.7 Å². The maximum Gasteiger partial charge on any atom is 0.262 e. The molecule has 0 atom stereocenters. The van der Waals surface area contributed by atoms with Gasteiger partial charge in [-0.15, -0.1) is 11.8 Å². The Hall–Kier alpha value is -2.11. The average molecular weight is 441 g/mol. The van der Waals surface area contributed by atoms with Crippen LogP contribution in [0.3, 0.4) is 0 Å². The van der Waals surface area contributed by atoms with E-state index in [4.69, 9.17) is 4.74 Å². The molecule has 1 fully saturated rings. The molecule has 1 saturated heterocycles. The summed E-state index contributed by atoms with van der Waals surface area (Å²) >= 11 is 1.22. The number of carbonyl (C=O) groups is 2. The number of thioether (sulfide) groups is 1. The smallest absolute Gasteiger partial charge is 0.262 e. The van der Waals surface area contributed by atoms with Crippen LogP contribution < -0.4 is 10.0 Å². The highest BCUT2D eigenvalue weighted by molar-refractivity contribution is 8.00. The Kier molecular flexibility index (Phi) is 7.51. The lowest BCUT2D eigenvalue weighted by molar-refractivity contribution is -0.132. The first kappa shape index (κ1) is 21.6. The Morgan fingerprint density at radius 3 is 2.72 bits per heavy atom. The average Bonchev–Trinajstić information content (AvgIpc) is 3.21. The molecule has 9 nitrogen and oxygen atoms in total. The Morgan fingerprint density at radius 2 is 2.00 bits per heavy atom. The van der Waals surface area contributed by atoms with Crippen molar-refractivity contribution in [1.29, 1.82) is 0 Å². The largest absolute Gasteiger partial charge is 0.378 e. The molecule has 0 bridgehead atoms. The molecule has 1 aromatic rings. The third-order valence-corrected chi connectivity index (χ3v) is 6.67. The first-order valence-corrected chi connectivity index (χ1v) is 12.0. The van der Waals surface area contributed by atoms with Crippen LogP contribution in [0.5, 0.6) is 0 Å². The van der Waals surface area contributed by atoms with E-state index >= 15 is 0 Å². The summed E-state index contributed by atoms with van der Waals surface area (Å²) in [6.45, 7) is 2.86. The van der Waals surface area contributed by atoms with Crippen molar-refractivity contribution in [3.63, 3.8) is 0 Å². The second-order valence-corrected chi connectivity index (χ2v) is 9.27. The van der Waals surface area contributed by atoms with E-state index in [2.05, 4.69) is 15.0 Å². The van der Waals surface area contributed by atoms with Crippen LogP contribution in [0.1, 0.15) is 12.8 Å². The van der Waals surface area contributed by atoms with Gasteiger partial charge in [-0.3, -0.25) is 19.3 Å². The molecule has 0 radical (unpaired) electrons. The quantitative estimate of drug-likeness (QED) is 0.644. The zero-order valence-corrected chi connectivity index (χ0v) is 17.6. The zero-order valence-electron chi connectivity index (χ0n) is 15.9. The number of nitrogens with one attached hydrogen (secondary N) is 2. The Balaban J connectivity index is 1.49. The zero-order chi connectivity index (χ0) is 20.7. The number of sulfonamides is 1. The van der Waals surface area contributed by atoms with Gasteiger partial charge in [0.1, 0.15) is 5.84 Å². The monoisotopic (exact) mass is 440 g/mol. The number of rotatable bonds is 7. The molecule has 2 aliphatic rings. The summed E-state index contributed by atoms with van der Waals surface area (Å²) in [6.07, 6.45) is 1.44. The van der Waals surface area contributed by atoms with E-state index in [0.717, 1.165) is 6.42 Å². The van der Waals surface area contributed by atoms with Gasteiger partial charge in [0.2, 0.25) is 11.8 Å². The van der Waals surface area contributed by atoms with Gasteiger partial charge in [-0.25, -0.2) is 8.42 Å². The summed E-state index contributed by atoms with van der Waals surface area (Å²) in [5, 5.41) is 2.67. The number of aliphatic imine (C=N–C) groups is 1. The number of amidine groups is 1. The van der Waals surface area contributed by atoms with Crippen molar-refractivity contribution in [2.45, 2.75) is 17.7 Å². The van der Waals surface area contributed by atoms with Crippen LogP contribution in [-0.4, -0.2) is 75.3 Å². The third kappa shape index (κ3) is 6.44. The van der Waals surface area contributed by atoms with Gasteiger partial charge >= 0.3 is 0 Å². The first-order valence-electron chi connectivity index (χ1n) is 9.33. The van der Waals surface area contributed by atoms with Crippen molar-refractivity contribution in [3.05, 3.63) is 24.3 Å². The molecule has 0 saturated carbocycles. The van der Waals surface area contributed by atoms with E-state index in [-0.39, 0.29) is 28.2 Å². The van der Waals surface area contributed by atoms with E-state index in [1.807, 2.05) is 0 Å². The van der Waals surface area contributed by atoms with Crippen LogP contribution in [0.15, 0.2) is 34.2 Å². The fourth-order valence-corrected chi connectivity index (χ4v) is 4.76. The van der Waals surface area contributed by atoms with E-state index < -0.39 is 10.0 Å². The molecule has 0 spiro atoms. The lowest BCUT2D eigenvalue weighted by Crippen LogP contribution is -2.41. The number of nitrogens with zero attached hydrogens (tertiary/aromatic N) is 2. The second kappa shape index (κ2) is 10.1. The van der Waals surface area contributed by atoms with Gasteiger partial charge in [-0.1, -0.05) is 6.07 Å². The summed E-state index contributed by atoms with van der Waals surface area (Å²) in [4.78, 5) is 30.1. The highest BCUT2D eigenvalue weighted by Gasteiger charge is 2.19. The molecule has 29 heavy (non-hydrogen) atoms. The third-order valence-electron chi connectivity index (χ3n) is 4.38. The molecule has 0 unspecified atom stereocenters. The Morgan fingerprint density at radius 1 is 1.21 bits per heavy atom. The molecular formula is C18H24N4O5S2. The minimum atomic E-state index is -3.74. The molecule has 2 heterocycles. The topological polar surface area (TPSA) is 117 Å². The number of ether oxygens (including phenoxy) is 1. The van der Waals surface area contributed by atoms with Crippen molar-refractivity contribution in [2.75, 3.05) is 49.7 Å². The normalized spacial score (nSPS) is 17.0. The van der Waals surface area contributed by atoms with Gasteiger partial charge in [0.15, 0.2) is 0 Å². The maximum absolute atomic E-state index is 12.5. The highest BCUT2D eigenvalue weighted by atomic mass is 32.2. The molecule has 0 aromatic heterocycles. The molecular weight excluding hydrogens is 416 g/mol. The predicted molar refractivity (Wildman–Crippen MR) is 112 cm³/mol. The number of benzene rings is 1. The van der Waals surface area contributed by atoms with Crippen molar-refractivity contribution < 1.29 is 22.7 Å². The minimum absolute atomic E-state index is 0.0138. The highest BCUT2D eigenvalue weighted by Crippen LogP contribution is 2.17. The van der Waals surface area contributed by atoms with E-state index in [9.17, 15) is 18.0 Å². The van der Waals surface area contributed by atoms with Gasteiger partial charge < -0.3 is 15.0 Å². The van der Waals surface area contributed by atoms with Gasteiger partial charge in [0.25, 0.3) is 10.0 Å². The molecule has 2 N–H and O–H groups in total. The van der Waals surface area contributed by atoms with Crippen LogP contribution in [0.4, 0.5) is 5.69 Å². The van der Waals surface area contributed by atoms with E-state index in [0.29, 0.717) is 50.8 Å². The first-order chi connectivity index (χ1) is 13.9. The van der Waals surface area contributed by atoms with Gasteiger partial charge in [-0.2, -0.15) is 0 Å². The van der Waals surface area contributed by atoms with E-state index in [1.54, 1.807) is 17.0 Å². The minimum Gasteiger partial charge on any atom is -0.378 e. The summed E-state index contributed by atoms with van der Waals surface area (Å²) in [5.74, 6) is 0.462. The number of carbonyl (C=O) groups excluding carboxylic acids is 2. The number of hydrogen-bond donors (Lipinski definition) is 2. The molecule has 158 valence electrons. The Bertz CT molecular complexity index is 882. The van der Waals surface area contributed by atoms with Crippen LogP contribution in [-0.2, 0) is 24.3 Å². The number of amides is 2. The van der Waals surface area contributed by atoms with Crippen molar-refractivity contribution in [1.82, 2.24) is 9.62 Å². The van der Waals surface area contributed by atoms with Crippen molar-refractivity contribution >= 4 is 45.1 Å². The molecule has 0 aliphatic carbocycles. The van der Waals surface area contributed by atoms with Crippen LogP contribution >= 0.6 is 11.8 Å². The van der Waals surface area contributed by atoms with Gasteiger partial charge in [-0.05, 0) is 24.6 Å². The molecule has 3 rings (SSSR count). The number of anilines is 1. The van der Waals surface area contributed by atoms with Crippen LogP contribution in [0, 0.1) is 0 Å². The van der Waals surface area contributed by atoms with Crippen molar-refractivity contribution in [2.24, 2.45) is 4.99 Å². The van der Waals surface area contributed by atoms with Gasteiger partial charge in [0.05, 0.1) is 29.6 Å². The number of hydrogen-bond acceptors (Lipinski definition) is 7. The SMILES string of the molecule is O=C(CSCC(=O)N1CCOCC1)Nc1cccc(S(=O)(=O)NC2=NCCC2)c1. The molecule has 2 amide bonds. The van der Waals surface area contributed by atoms with E-state index in [1.165, 1.54) is 23.9 Å². The van der Waals surface area contributed by atoms with Crippen molar-refractivity contribution in [3.8, 4) is 0 Å². The Labute approximate surface area is 174 Å². The second-order valence-electron chi connectivity index (χ2n) is 6.60. The fraction of sp³-hybridized carbons (Fsp3) is 0.500. The standard InChI is InChI=1S/C18H24N4O5S2/c23-17(12-28-13-18(24)22-7-9-27-10-8-22)20-14-3-1-4-15(11-14)29(25,26)21-16-5-2-6-19-16/h1,3-4,11H,2,5-10,12-13H2,(H,19,21)(H,20,23). The fourth-order valence-electron chi connectivity index (χ4n) is 2.91. The molecule has 1 aromatic carbocycles. The van der Waals surface area contributed by atoms with Crippen LogP contribution in [0.2, 0.25) is 0 Å². The summed E-state index contributed by atoms with van der Waals surface area (Å²) in [5.41, 5.74) is 0.381. The lowest BCUT2D eigenvalue weighted by Gasteiger charge is -2.26. The van der Waals surface area contributed by atoms with Crippen LogP contribution in [0.25, 0.3) is 0 Å². The molecule has 2 aliphatic heterocycles. The summed E-state index contributed by atoms with van der Waals surface area (Å²) in [6, 6.07) is 6.05. The molecule has 11 heteroatoms. The lowest BCUT2D eigenvalue weighted by atomic mass is 10.3.